The molecule has 0 aliphatic carbocycles. The largest absolute Gasteiger partial charge is 0.491 e. The van der Waals surface area contributed by atoms with Gasteiger partial charge in [-0.25, -0.2) is 4.98 Å². The van der Waals surface area contributed by atoms with E-state index >= 15 is 0 Å². The van der Waals surface area contributed by atoms with Crippen LogP contribution in [0.1, 0.15) is 48.1 Å². The van der Waals surface area contributed by atoms with Crippen molar-refractivity contribution in [3.8, 4) is 11.8 Å². The lowest BCUT2D eigenvalue weighted by molar-refractivity contribution is 0.0898. The number of para-hydroxylation sites is 2. The molecule has 0 spiro atoms. The van der Waals surface area contributed by atoms with Crippen molar-refractivity contribution in [1.29, 1.82) is 5.26 Å². The Kier molecular flexibility index (Phi) is 7.99. The van der Waals surface area contributed by atoms with Crippen LogP contribution in [0.15, 0.2) is 78.9 Å². The zero-order chi connectivity index (χ0) is 25.5. The number of nitrogens with one attached hydrogen (secondary N) is 1. The van der Waals surface area contributed by atoms with Crippen LogP contribution in [0.5, 0.6) is 5.75 Å². The van der Waals surface area contributed by atoms with Gasteiger partial charge in [0.1, 0.15) is 24.3 Å². The molecule has 2 N–H and O–H groups in total. The van der Waals surface area contributed by atoms with Crippen molar-refractivity contribution in [2.75, 3.05) is 6.61 Å². The third-order valence-electron chi connectivity index (χ3n) is 5.86. The highest BCUT2D eigenvalue weighted by molar-refractivity contribution is 5.94. The number of hydrogen-bond donors (Lipinski definition) is 2. The Morgan fingerprint density at radius 3 is 2.44 bits per heavy atom. The number of carbonyl (C=O) groups excluding carboxylic acids is 1. The van der Waals surface area contributed by atoms with E-state index in [1.54, 1.807) is 36.4 Å². The maximum absolute atomic E-state index is 13.0. The Balaban J connectivity index is 1.58. The minimum Gasteiger partial charge on any atom is -0.491 e. The molecule has 4 aromatic rings. The van der Waals surface area contributed by atoms with Crippen molar-refractivity contribution in [3.63, 3.8) is 0 Å². The number of fused-ring (bicyclic) bond motifs is 1. The van der Waals surface area contributed by atoms with E-state index in [1.807, 2.05) is 47.0 Å². The lowest BCUT2D eigenvalue weighted by atomic mass is 10.0. The van der Waals surface area contributed by atoms with Gasteiger partial charge < -0.3 is 19.7 Å². The van der Waals surface area contributed by atoms with Crippen molar-refractivity contribution in [1.82, 2.24) is 14.9 Å². The van der Waals surface area contributed by atoms with E-state index in [0.717, 1.165) is 11.0 Å². The van der Waals surface area contributed by atoms with Gasteiger partial charge in [0, 0.05) is 5.56 Å². The quantitative estimate of drug-likeness (QED) is 0.336. The van der Waals surface area contributed by atoms with Crippen LogP contribution in [0.4, 0.5) is 0 Å². The summed E-state index contributed by atoms with van der Waals surface area (Å²) >= 11 is 0. The van der Waals surface area contributed by atoms with E-state index in [9.17, 15) is 9.90 Å². The molecule has 0 aliphatic heterocycles. The average Bonchev–Trinajstić information content (AvgIpc) is 3.25. The third kappa shape index (κ3) is 6.09. The summed E-state index contributed by atoms with van der Waals surface area (Å²) < 4.78 is 7.73. The smallest absolute Gasteiger partial charge is 0.251 e. The van der Waals surface area contributed by atoms with Gasteiger partial charge in [-0.05, 0) is 60.9 Å². The van der Waals surface area contributed by atoms with Gasteiger partial charge >= 0.3 is 0 Å². The van der Waals surface area contributed by atoms with Gasteiger partial charge in [-0.3, -0.25) is 4.79 Å². The molecule has 2 unspecified atom stereocenters. The number of nitrogens with zero attached hydrogens (tertiary/aromatic N) is 3. The number of ether oxygens (including phenoxy) is 1. The van der Waals surface area contributed by atoms with Crippen LogP contribution in [-0.4, -0.2) is 33.3 Å². The molecule has 1 heterocycles. The molecule has 2 atom stereocenters. The number of carbonyl (C=O) groups is 1. The number of benzene rings is 3. The molecule has 4 rings (SSSR count). The van der Waals surface area contributed by atoms with Crippen LogP contribution in [0.25, 0.3) is 11.0 Å². The Morgan fingerprint density at radius 1 is 1.06 bits per heavy atom. The van der Waals surface area contributed by atoms with Crippen LogP contribution in [0.2, 0.25) is 0 Å². The molecule has 0 aliphatic rings. The molecule has 184 valence electrons. The van der Waals surface area contributed by atoms with E-state index in [1.165, 1.54) is 0 Å². The highest BCUT2D eigenvalue weighted by Crippen LogP contribution is 2.26. The zero-order valence-corrected chi connectivity index (χ0v) is 20.5. The summed E-state index contributed by atoms with van der Waals surface area (Å²) in [7, 11) is 0. The van der Waals surface area contributed by atoms with Gasteiger partial charge in [-0.2, -0.15) is 5.26 Å². The molecular formula is C29H30N4O3. The molecule has 1 aromatic heterocycles. The van der Waals surface area contributed by atoms with Crippen LogP contribution in [0.3, 0.4) is 0 Å². The monoisotopic (exact) mass is 482 g/mol. The molecule has 0 fully saturated rings. The van der Waals surface area contributed by atoms with Crippen molar-refractivity contribution < 1.29 is 14.6 Å². The predicted molar refractivity (Wildman–Crippen MR) is 138 cm³/mol. The summed E-state index contributed by atoms with van der Waals surface area (Å²) in [6, 6.07) is 25.4. The van der Waals surface area contributed by atoms with Crippen molar-refractivity contribution in [2.45, 2.75) is 39.0 Å². The molecule has 3 aromatic carbocycles. The molecule has 0 saturated carbocycles. The molecule has 7 heteroatoms. The molecule has 7 nitrogen and oxygen atoms in total. The van der Waals surface area contributed by atoms with Gasteiger partial charge in [-0.1, -0.05) is 44.2 Å². The first kappa shape index (κ1) is 25.0. The number of aliphatic hydroxyl groups is 1. The molecule has 36 heavy (non-hydrogen) atoms. The van der Waals surface area contributed by atoms with Gasteiger partial charge in [0.15, 0.2) is 0 Å². The molecule has 0 radical (unpaired) electrons. The summed E-state index contributed by atoms with van der Waals surface area (Å²) in [5, 5.41) is 23.0. The lowest BCUT2D eigenvalue weighted by Gasteiger charge is -2.23. The fourth-order valence-corrected chi connectivity index (χ4v) is 4.16. The Labute approximate surface area is 211 Å². The van der Waals surface area contributed by atoms with Gasteiger partial charge in [0.05, 0.1) is 35.3 Å². The van der Waals surface area contributed by atoms with Crippen molar-refractivity contribution >= 4 is 16.9 Å². The minimum atomic E-state index is -0.818. The van der Waals surface area contributed by atoms with Gasteiger partial charge in [0.25, 0.3) is 5.91 Å². The van der Waals surface area contributed by atoms with Gasteiger partial charge in [0.2, 0.25) is 0 Å². The summed E-state index contributed by atoms with van der Waals surface area (Å²) in [5.74, 6) is 1.43. The Bertz CT molecular complexity index is 1340. The van der Waals surface area contributed by atoms with Crippen LogP contribution in [0, 0.1) is 17.2 Å². The highest BCUT2D eigenvalue weighted by Gasteiger charge is 2.25. The van der Waals surface area contributed by atoms with Crippen LogP contribution < -0.4 is 10.1 Å². The molecule has 0 bridgehead atoms. The summed E-state index contributed by atoms with van der Waals surface area (Å²) in [4.78, 5) is 17.9. The number of aromatic nitrogens is 2. The Morgan fingerprint density at radius 2 is 1.75 bits per heavy atom. The second-order valence-electron chi connectivity index (χ2n) is 9.19. The van der Waals surface area contributed by atoms with E-state index in [2.05, 4.69) is 25.2 Å². The number of nitriles is 1. The van der Waals surface area contributed by atoms with E-state index in [-0.39, 0.29) is 25.1 Å². The van der Waals surface area contributed by atoms with E-state index < -0.39 is 6.10 Å². The highest BCUT2D eigenvalue weighted by atomic mass is 16.5. The van der Waals surface area contributed by atoms with Crippen LogP contribution >= 0.6 is 0 Å². The summed E-state index contributed by atoms with van der Waals surface area (Å²) in [6.45, 7) is 4.54. The fraction of sp³-hybridized carbons (Fsp3) is 0.276. The van der Waals surface area contributed by atoms with E-state index in [4.69, 9.17) is 15.0 Å². The molecular weight excluding hydrogens is 452 g/mol. The first-order chi connectivity index (χ1) is 17.4. The first-order valence-corrected chi connectivity index (χ1v) is 12.1. The summed E-state index contributed by atoms with van der Waals surface area (Å²) in [5.41, 5.74) is 2.82. The fourth-order valence-electron chi connectivity index (χ4n) is 4.16. The molecule has 1 amide bonds. The van der Waals surface area contributed by atoms with Crippen LogP contribution in [-0.2, 0) is 6.54 Å². The number of hydrogen-bond acceptors (Lipinski definition) is 5. The van der Waals surface area contributed by atoms with E-state index in [0.29, 0.717) is 35.0 Å². The maximum atomic E-state index is 13.0. The standard InChI is InChI=1S/C29H30N4O3/c1-20(2)16-26(32-29(35)22-8-4-3-5-9-22)28-31-25-10-6-7-11-27(25)33(28)18-23(34)19-36-24-14-12-21(17-30)13-15-24/h3-15,20,23,26,34H,16,18-19H2,1-2H3,(H,32,35). The summed E-state index contributed by atoms with van der Waals surface area (Å²) in [6.07, 6.45) is -0.124. The first-order valence-electron chi connectivity index (χ1n) is 12.1. The zero-order valence-electron chi connectivity index (χ0n) is 20.5. The number of imidazole rings is 1. The van der Waals surface area contributed by atoms with Gasteiger partial charge in [-0.15, -0.1) is 0 Å². The van der Waals surface area contributed by atoms with Crippen molar-refractivity contribution in [3.05, 3.63) is 95.8 Å². The normalized spacial score (nSPS) is 12.8. The predicted octanol–water partition coefficient (Wildman–Crippen LogP) is 4.87. The SMILES string of the molecule is CC(C)CC(NC(=O)c1ccccc1)c1nc2ccccc2n1CC(O)COc1ccc(C#N)cc1. The lowest BCUT2D eigenvalue weighted by Crippen LogP contribution is -2.33. The Hall–Kier alpha value is -4.15. The number of rotatable bonds is 10. The maximum Gasteiger partial charge on any atom is 0.251 e. The third-order valence-corrected chi connectivity index (χ3v) is 5.86. The molecule has 0 saturated heterocycles. The second-order valence-corrected chi connectivity index (χ2v) is 9.19. The number of amides is 1. The second kappa shape index (κ2) is 11.5. The topological polar surface area (TPSA) is 100 Å². The van der Waals surface area contributed by atoms with Crippen molar-refractivity contribution in [2.24, 2.45) is 5.92 Å². The number of aliphatic hydroxyl groups excluding tert-OH is 1. The average molecular weight is 483 g/mol. The minimum absolute atomic E-state index is 0.0725.